The molecule has 0 aliphatic carbocycles. The SMILES string of the molecule is CC(=O)Nc1ccc(C(=O)c2ccccc2)cc1N(S)C(=O)NC(=O)OC(C)C. The Morgan fingerprint density at radius 1 is 1.00 bits per heavy atom. The molecule has 152 valence electrons. The highest BCUT2D eigenvalue weighted by Gasteiger charge is 2.22. The minimum Gasteiger partial charge on any atom is -0.446 e. The first-order valence-electron chi connectivity index (χ1n) is 8.71. The predicted molar refractivity (Wildman–Crippen MR) is 112 cm³/mol. The summed E-state index contributed by atoms with van der Waals surface area (Å²) in [6, 6.07) is 12.1. The molecule has 9 heteroatoms. The molecule has 2 rings (SSSR count). The fraction of sp³-hybridized carbons (Fsp3) is 0.200. The monoisotopic (exact) mass is 415 g/mol. The molecule has 0 aliphatic rings. The number of alkyl carbamates (subject to hydrolysis) is 1. The molecular weight excluding hydrogens is 394 g/mol. The number of nitrogens with zero attached hydrogens (tertiary/aromatic N) is 1. The molecule has 0 aliphatic heterocycles. The Hall–Kier alpha value is -3.33. The van der Waals surface area contributed by atoms with Gasteiger partial charge >= 0.3 is 12.1 Å². The first kappa shape index (κ1) is 22.0. The highest BCUT2D eigenvalue weighted by molar-refractivity contribution is 7.82. The van der Waals surface area contributed by atoms with Crippen LogP contribution in [0.2, 0.25) is 0 Å². The topological polar surface area (TPSA) is 105 Å². The Labute approximate surface area is 173 Å². The quantitative estimate of drug-likeness (QED) is 0.509. The average Bonchev–Trinajstić information content (AvgIpc) is 2.66. The average molecular weight is 415 g/mol. The van der Waals surface area contributed by atoms with Gasteiger partial charge in [0.15, 0.2) is 5.78 Å². The lowest BCUT2D eigenvalue weighted by atomic mass is 10.0. The van der Waals surface area contributed by atoms with Crippen LogP contribution in [0.25, 0.3) is 0 Å². The van der Waals surface area contributed by atoms with E-state index < -0.39 is 18.2 Å². The third-order valence-electron chi connectivity index (χ3n) is 3.58. The normalized spacial score (nSPS) is 10.2. The molecule has 0 aromatic heterocycles. The van der Waals surface area contributed by atoms with Crippen LogP contribution in [-0.4, -0.2) is 29.9 Å². The molecule has 0 bridgehead atoms. The van der Waals surface area contributed by atoms with Crippen LogP contribution in [0.3, 0.4) is 0 Å². The summed E-state index contributed by atoms with van der Waals surface area (Å²) in [7, 11) is 0. The largest absolute Gasteiger partial charge is 0.446 e. The molecule has 0 fully saturated rings. The number of ether oxygens (including phenoxy) is 1. The number of ketones is 1. The summed E-state index contributed by atoms with van der Waals surface area (Å²) >= 11 is 4.13. The van der Waals surface area contributed by atoms with Gasteiger partial charge in [-0.05, 0) is 32.0 Å². The first-order valence-corrected chi connectivity index (χ1v) is 9.11. The first-order chi connectivity index (χ1) is 13.7. The van der Waals surface area contributed by atoms with E-state index in [4.69, 9.17) is 4.74 Å². The zero-order valence-corrected chi connectivity index (χ0v) is 17.0. The Morgan fingerprint density at radius 3 is 2.24 bits per heavy atom. The van der Waals surface area contributed by atoms with Gasteiger partial charge in [-0.2, -0.15) is 0 Å². The van der Waals surface area contributed by atoms with Gasteiger partial charge in [-0.25, -0.2) is 19.2 Å². The molecule has 2 N–H and O–H groups in total. The number of anilines is 2. The lowest BCUT2D eigenvalue weighted by Gasteiger charge is -2.20. The van der Waals surface area contributed by atoms with Gasteiger partial charge in [0, 0.05) is 18.1 Å². The molecule has 0 atom stereocenters. The molecule has 8 nitrogen and oxygen atoms in total. The highest BCUT2D eigenvalue weighted by atomic mass is 32.1. The smallest absolute Gasteiger partial charge is 0.415 e. The number of benzene rings is 2. The summed E-state index contributed by atoms with van der Waals surface area (Å²) in [5, 5.41) is 4.59. The van der Waals surface area contributed by atoms with E-state index in [2.05, 4.69) is 18.1 Å². The fourth-order valence-electron chi connectivity index (χ4n) is 2.39. The van der Waals surface area contributed by atoms with Crippen molar-refractivity contribution in [3.8, 4) is 0 Å². The summed E-state index contributed by atoms with van der Waals surface area (Å²) in [5.41, 5.74) is 1.09. The third kappa shape index (κ3) is 6.08. The number of carbonyl (C=O) groups is 4. The lowest BCUT2D eigenvalue weighted by molar-refractivity contribution is -0.114. The van der Waals surface area contributed by atoms with E-state index in [1.165, 1.54) is 25.1 Å². The highest BCUT2D eigenvalue weighted by Crippen LogP contribution is 2.30. The molecule has 0 saturated heterocycles. The molecule has 0 unspecified atom stereocenters. The van der Waals surface area contributed by atoms with E-state index in [9.17, 15) is 19.2 Å². The molecular formula is C20H21N3O5S. The zero-order valence-electron chi connectivity index (χ0n) is 16.1. The van der Waals surface area contributed by atoms with Gasteiger partial charge in [0.25, 0.3) is 0 Å². The summed E-state index contributed by atoms with van der Waals surface area (Å²) in [4.78, 5) is 48.3. The third-order valence-corrected chi connectivity index (χ3v) is 3.98. The van der Waals surface area contributed by atoms with E-state index in [1.54, 1.807) is 44.2 Å². The van der Waals surface area contributed by atoms with E-state index in [1.807, 2.05) is 5.32 Å². The van der Waals surface area contributed by atoms with E-state index in [0.29, 0.717) is 5.56 Å². The number of nitrogens with one attached hydrogen (secondary N) is 2. The second kappa shape index (κ2) is 9.74. The van der Waals surface area contributed by atoms with Gasteiger partial charge in [-0.1, -0.05) is 43.1 Å². The van der Waals surface area contributed by atoms with Crippen LogP contribution in [0.4, 0.5) is 21.0 Å². The molecule has 0 saturated carbocycles. The molecule has 29 heavy (non-hydrogen) atoms. The fourth-order valence-corrected chi connectivity index (χ4v) is 2.61. The van der Waals surface area contributed by atoms with Crippen molar-refractivity contribution >= 4 is 48.0 Å². The number of hydrogen-bond donors (Lipinski definition) is 3. The van der Waals surface area contributed by atoms with Crippen molar-refractivity contribution in [2.75, 3.05) is 9.62 Å². The van der Waals surface area contributed by atoms with Gasteiger partial charge in [-0.15, -0.1) is 0 Å². The van der Waals surface area contributed by atoms with Gasteiger partial charge in [0.05, 0.1) is 17.5 Å². The van der Waals surface area contributed by atoms with Crippen LogP contribution < -0.4 is 14.9 Å². The Balaban J connectivity index is 2.35. The van der Waals surface area contributed by atoms with Crippen molar-refractivity contribution < 1.29 is 23.9 Å². The Bertz CT molecular complexity index is 931. The maximum absolute atomic E-state index is 12.7. The van der Waals surface area contributed by atoms with Crippen LogP contribution in [0, 0.1) is 0 Å². The molecule has 2 aromatic carbocycles. The van der Waals surface area contributed by atoms with E-state index in [0.717, 1.165) is 4.31 Å². The molecule has 0 spiro atoms. The zero-order chi connectivity index (χ0) is 21.6. The number of urea groups is 1. The van der Waals surface area contributed by atoms with Crippen molar-refractivity contribution in [3.05, 3.63) is 59.7 Å². The molecule has 2 aromatic rings. The van der Waals surface area contributed by atoms with Crippen LogP contribution in [0.15, 0.2) is 48.5 Å². The minimum atomic E-state index is -0.943. The molecule has 4 amide bonds. The number of thiol groups is 1. The summed E-state index contributed by atoms with van der Waals surface area (Å²) < 4.78 is 5.68. The van der Waals surface area contributed by atoms with Crippen molar-refractivity contribution in [2.24, 2.45) is 0 Å². The number of carbonyl (C=O) groups excluding carboxylic acids is 4. The van der Waals surface area contributed by atoms with E-state index >= 15 is 0 Å². The number of amides is 4. The predicted octanol–water partition coefficient (Wildman–Crippen LogP) is 3.78. The minimum absolute atomic E-state index is 0.111. The van der Waals surface area contributed by atoms with Gasteiger partial charge in [0.1, 0.15) is 0 Å². The Kier molecular flexibility index (Phi) is 7.38. The van der Waals surface area contributed by atoms with Crippen LogP contribution in [0.5, 0.6) is 0 Å². The van der Waals surface area contributed by atoms with E-state index in [-0.39, 0.29) is 28.6 Å². The summed E-state index contributed by atoms with van der Waals surface area (Å²) in [5.74, 6) is -0.655. The van der Waals surface area contributed by atoms with Crippen LogP contribution in [-0.2, 0) is 9.53 Å². The number of rotatable bonds is 5. The van der Waals surface area contributed by atoms with Crippen molar-refractivity contribution in [1.82, 2.24) is 5.32 Å². The summed E-state index contributed by atoms with van der Waals surface area (Å²) in [6.45, 7) is 4.57. The second-order valence-electron chi connectivity index (χ2n) is 6.30. The summed E-state index contributed by atoms with van der Waals surface area (Å²) in [6.07, 6.45) is -1.36. The van der Waals surface area contributed by atoms with Crippen LogP contribution in [0.1, 0.15) is 36.7 Å². The molecule has 0 heterocycles. The van der Waals surface area contributed by atoms with Crippen molar-refractivity contribution in [3.63, 3.8) is 0 Å². The maximum Gasteiger partial charge on any atom is 0.415 e. The maximum atomic E-state index is 12.7. The number of imide groups is 1. The van der Waals surface area contributed by atoms with Gasteiger partial charge in [0.2, 0.25) is 5.91 Å². The standard InChI is InChI=1S/C20H21N3O5S/c1-12(2)28-20(27)22-19(26)23(29)17-11-15(9-10-16(17)21-13(3)24)18(25)14-7-5-4-6-8-14/h4-12,29H,1-3H3,(H,21,24)(H,22,26,27). The van der Waals surface area contributed by atoms with Gasteiger partial charge < -0.3 is 10.1 Å². The van der Waals surface area contributed by atoms with Crippen LogP contribution >= 0.6 is 12.8 Å². The van der Waals surface area contributed by atoms with Gasteiger partial charge in [-0.3, -0.25) is 9.59 Å². The number of hydrogen-bond acceptors (Lipinski definition) is 6. The van der Waals surface area contributed by atoms with Crippen molar-refractivity contribution in [1.29, 1.82) is 0 Å². The lowest BCUT2D eigenvalue weighted by Crippen LogP contribution is -2.39. The molecule has 0 radical (unpaired) electrons. The Morgan fingerprint density at radius 2 is 1.66 bits per heavy atom. The second-order valence-corrected chi connectivity index (χ2v) is 6.70. The van der Waals surface area contributed by atoms with Crippen molar-refractivity contribution in [2.45, 2.75) is 26.9 Å².